The van der Waals surface area contributed by atoms with Crippen LogP contribution in [0.4, 0.5) is 8.78 Å². The summed E-state index contributed by atoms with van der Waals surface area (Å²) >= 11 is 0. The number of alkyl halides is 2. The van der Waals surface area contributed by atoms with E-state index in [1.807, 2.05) is 30.3 Å². The molecule has 2 saturated carbocycles. The molecule has 5 heteroatoms. The number of carbonyl (C=O) groups is 1. The largest absolute Gasteiger partial charge is 0.493 e. The van der Waals surface area contributed by atoms with Crippen molar-refractivity contribution in [3.8, 4) is 5.75 Å². The van der Waals surface area contributed by atoms with Crippen LogP contribution in [0.1, 0.15) is 25.7 Å². The minimum absolute atomic E-state index is 0.0163. The Morgan fingerprint density at radius 2 is 1.95 bits per heavy atom. The zero-order valence-corrected chi connectivity index (χ0v) is 11.8. The van der Waals surface area contributed by atoms with Gasteiger partial charge in [0.05, 0.1) is 6.61 Å². The maximum atomic E-state index is 12.8. The Morgan fingerprint density at radius 1 is 1.29 bits per heavy atom. The summed E-state index contributed by atoms with van der Waals surface area (Å²) in [5.74, 6) is -2.84. The molecule has 1 aromatic carbocycles. The lowest BCUT2D eigenvalue weighted by Crippen LogP contribution is -2.33. The van der Waals surface area contributed by atoms with Crippen LogP contribution >= 0.6 is 0 Å². The van der Waals surface area contributed by atoms with E-state index in [1.165, 1.54) is 0 Å². The molecule has 0 radical (unpaired) electrons. The molecular formula is C16H19F2NO2. The van der Waals surface area contributed by atoms with E-state index in [4.69, 9.17) is 4.74 Å². The second-order valence-electron chi connectivity index (χ2n) is 6.24. The third-order valence-electron chi connectivity index (χ3n) is 4.29. The van der Waals surface area contributed by atoms with Gasteiger partial charge in [0.2, 0.25) is 5.91 Å². The number of rotatable bonds is 7. The van der Waals surface area contributed by atoms with E-state index in [0.29, 0.717) is 13.2 Å². The molecule has 114 valence electrons. The van der Waals surface area contributed by atoms with E-state index < -0.39 is 11.8 Å². The number of halogens is 2. The van der Waals surface area contributed by atoms with E-state index in [0.717, 1.165) is 18.6 Å². The molecule has 0 unspecified atom stereocenters. The smallest absolute Gasteiger partial charge is 0.252 e. The van der Waals surface area contributed by atoms with Gasteiger partial charge in [-0.2, -0.15) is 0 Å². The SMILES string of the molecule is O=C(C[C@@H]1CC1(F)F)NCC1(COc2ccccc2)CC1. The summed E-state index contributed by atoms with van der Waals surface area (Å²) in [6, 6.07) is 9.53. The number of nitrogens with one attached hydrogen (secondary N) is 1. The average molecular weight is 295 g/mol. The molecule has 2 aliphatic carbocycles. The monoisotopic (exact) mass is 295 g/mol. The number of carbonyl (C=O) groups excluding carboxylic acids is 1. The van der Waals surface area contributed by atoms with Gasteiger partial charge in [0.15, 0.2) is 0 Å². The highest BCUT2D eigenvalue weighted by Crippen LogP contribution is 2.50. The van der Waals surface area contributed by atoms with Gasteiger partial charge < -0.3 is 10.1 Å². The predicted molar refractivity (Wildman–Crippen MR) is 74.3 cm³/mol. The Balaban J connectivity index is 1.39. The first-order chi connectivity index (χ1) is 9.99. The van der Waals surface area contributed by atoms with Crippen LogP contribution in [0, 0.1) is 11.3 Å². The van der Waals surface area contributed by atoms with Gasteiger partial charge in [-0.05, 0) is 25.0 Å². The lowest BCUT2D eigenvalue weighted by molar-refractivity contribution is -0.122. The molecule has 1 N–H and O–H groups in total. The second-order valence-corrected chi connectivity index (χ2v) is 6.24. The fraction of sp³-hybridized carbons (Fsp3) is 0.562. The second kappa shape index (κ2) is 5.28. The van der Waals surface area contributed by atoms with Crippen molar-refractivity contribution in [3.05, 3.63) is 30.3 Å². The van der Waals surface area contributed by atoms with E-state index >= 15 is 0 Å². The molecule has 1 aromatic rings. The van der Waals surface area contributed by atoms with Crippen molar-refractivity contribution < 1.29 is 18.3 Å². The molecule has 0 saturated heterocycles. The fourth-order valence-electron chi connectivity index (χ4n) is 2.38. The molecule has 1 amide bonds. The standard InChI is InChI=1S/C16H19F2NO2/c17-16(18)9-12(16)8-14(20)19-10-15(6-7-15)11-21-13-4-2-1-3-5-13/h1-5,12H,6-11H2,(H,19,20)/t12-/m1/s1. The molecule has 0 aliphatic heterocycles. The maximum absolute atomic E-state index is 12.8. The Morgan fingerprint density at radius 3 is 2.52 bits per heavy atom. The fourth-order valence-corrected chi connectivity index (χ4v) is 2.38. The van der Waals surface area contributed by atoms with E-state index in [2.05, 4.69) is 5.32 Å². The molecule has 3 rings (SSSR count). The molecule has 0 bridgehead atoms. The summed E-state index contributed by atoms with van der Waals surface area (Å²) in [7, 11) is 0. The van der Waals surface area contributed by atoms with Crippen molar-refractivity contribution in [2.45, 2.75) is 31.6 Å². The normalized spacial score (nSPS) is 24.2. The molecule has 3 nitrogen and oxygen atoms in total. The molecule has 2 fully saturated rings. The van der Waals surface area contributed by atoms with Crippen LogP contribution in [0.25, 0.3) is 0 Å². The molecular weight excluding hydrogens is 276 g/mol. The summed E-state index contributed by atoms with van der Waals surface area (Å²) < 4.78 is 31.2. The summed E-state index contributed by atoms with van der Waals surface area (Å²) in [5, 5.41) is 2.78. The van der Waals surface area contributed by atoms with Crippen molar-refractivity contribution in [2.24, 2.45) is 11.3 Å². The number of amides is 1. The minimum Gasteiger partial charge on any atom is -0.493 e. The van der Waals surface area contributed by atoms with Crippen LogP contribution in [-0.4, -0.2) is 25.0 Å². The van der Waals surface area contributed by atoms with Crippen LogP contribution in [0.3, 0.4) is 0 Å². The topological polar surface area (TPSA) is 38.3 Å². The first kappa shape index (κ1) is 14.3. The van der Waals surface area contributed by atoms with Crippen molar-refractivity contribution in [1.29, 1.82) is 0 Å². The Kier molecular flexibility index (Phi) is 3.59. The van der Waals surface area contributed by atoms with Gasteiger partial charge in [0.1, 0.15) is 5.75 Å². The number of benzene rings is 1. The highest BCUT2D eigenvalue weighted by Gasteiger charge is 2.57. The molecule has 2 aliphatic rings. The minimum atomic E-state index is -2.62. The molecule has 0 spiro atoms. The van der Waals surface area contributed by atoms with E-state index in [9.17, 15) is 13.6 Å². The third kappa shape index (κ3) is 3.71. The lowest BCUT2D eigenvalue weighted by atomic mass is 10.1. The lowest BCUT2D eigenvalue weighted by Gasteiger charge is -2.17. The molecule has 0 aromatic heterocycles. The zero-order valence-electron chi connectivity index (χ0n) is 11.8. The van der Waals surface area contributed by atoms with Crippen LogP contribution in [0.5, 0.6) is 5.75 Å². The maximum Gasteiger partial charge on any atom is 0.252 e. The Hall–Kier alpha value is -1.65. The number of para-hydroxylation sites is 1. The molecule has 1 atom stereocenters. The Labute approximate surface area is 122 Å². The van der Waals surface area contributed by atoms with Crippen LogP contribution < -0.4 is 10.1 Å². The first-order valence-corrected chi connectivity index (χ1v) is 7.32. The summed E-state index contributed by atoms with van der Waals surface area (Å²) in [6.07, 6.45) is 1.78. The summed E-state index contributed by atoms with van der Waals surface area (Å²) in [5.41, 5.74) is -0.0163. The first-order valence-electron chi connectivity index (χ1n) is 7.32. The Bertz CT molecular complexity index is 514. The number of ether oxygens (including phenoxy) is 1. The number of hydrogen-bond acceptors (Lipinski definition) is 2. The summed E-state index contributed by atoms with van der Waals surface area (Å²) in [6.45, 7) is 1.06. The van der Waals surface area contributed by atoms with Gasteiger partial charge in [0, 0.05) is 30.7 Å². The molecule has 0 heterocycles. The van der Waals surface area contributed by atoms with Gasteiger partial charge in [-0.1, -0.05) is 18.2 Å². The van der Waals surface area contributed by atoms with Crippen LogP contribution in [0.2, 0.25) is 0 Å². The van der Waals surface area contributed by atoms with Gasteiger partial charge in [-0.3, -0.25) is 4.79 Å². The number of hydrogen-bond donors (Lipinski definition) is 1. The van der Waals surface area contributed by atoms with Gasteiger partial charge in [-0.25, -0.2) is 8.78 Å². The quantitative estimate of drug-likeness (QED) is 0.840. The van der Waals surface area contributed by atoms with Crippen molar-refractivity contribution in [1.82, 2.24) is 5.32 Å². The van der Waals surface area contributed by atoms with Crippen molar-refractivity contribution in [2.75, 3.05) is 13.2 Å². The van der Waals surface area contributed by atoms with Gasteiger partial charge in [0.25, 0.3) is 5.92 Å². The third-order valence-corrected chi connectivity index (χ3v) is 4.29. The molecule has 21 heavy (non-hydrogen) atoms. The van der Waals surface area contributed by atoms with Crippen molar-refractivity contribution >= 4 is 5.91 Å². The highest BCUT2D eigenvalue weighted by molar-refractivity contribution is 5.76. The summed E-state index contributed by atoms with van der Waals surface area (Å²) in [4.78, 5) is 11.6. The van der Waals surface area contributed by atoms with Gasteiger partial charge >= 0.3 is 0 Å². The van der Waals surface area contributed by atoms with Crippen molar-refractivity contribution in [3.63, 3.8) is 0 Å². The van der Waals surface area contributed by atoms with Gasteiger partial charge in [-0.15, -0.1) is 0 Å². The predicted octanol–water partition coefficient (Wildman–Crippen LogP) is 3.01. The highest BCUT2D eigenvalue weighted by atomic mass is 19.3. The van der Waals surface area contributed by atoms with Crippen LogP contribution in [-0.2, 0) is 4.79 Å². The zero-order chi connectivity index (χ0) is 14.9. The van der Waals surface area contributed by atoms with E-state index in [1.54, 1.807) is 0 Å². The average Bonchev–Trinajstić information content (AvgIpc) is 3.35. The van der Waals surface area contributed by atoms with E-state index in [-0.39, 0.29) is 24.2 Å². The van der Waals surface area contributed by atoms with Crippen LogP contribution in [0.15, 0.2) is 30.3 Å².